The van der Waals surface area contributed by atoms with Gasteiger partial charge in [0.2, 0.25) is 0 Å². The fraction of sp³-hybridized carbons (Fsp3) is 0.364. The van der Waals surface area contributed by atoms with E-state index in [0.717, 1.165) is 10.9 Å². The van der Waals surface area contributed by atoms with Crippen LogP contribution in [0.4, 0.5) is 0 Å². The van der Waals surface area contributed by atoms with Crippen molar-refractivity contribution >= 4 is 28.8 Å². The summed E-state index contributed by atoms with van der Waals surface area (Å²) in [4.78, 5) is 6.76. The maximum atomic E-state index is 6.16. The molecule has 15 heavy (non-hydrogen) atoms. The second-order valence-corrected chi connectivity index (χ2v) is 5.57. The standard InChI is InChI=1S/C11H13ClN2S/c1-6-4-9(7(2)15-6)11-10(12)5-13-8(3)14-11/h4-5,11H,1-3H3,(H,13,14). The highest BCUT2D eigenvalue weighted by molar-refractivity contribution is 7.12. The van der Waals surface area contributed by atoms with Crippen LogP contribution in [0.25, 0.3) is 0 Å². The molecule has 0 fully saturated rings. The normalized spacial score (nSPS) is 20.7. The quantitative estimate of drug-likeness (QED) is 0.798. The molecule has 1 unspecified atom stereocenters. The Kier molecular flexibility index (Phi) is 2.85. The molecular weight excluding hydrogens is 228 g/mol. The molecule has 1 atom stereocenters. The third-order valence-electron chi connectivity index (χ3n) is 2.40. The van der Waals surface area contributed by atoms with Gasteiger partial charge in [-0.15, -0.1) is 11.3 Å². The molecule has 80 valence electrons. The summed E-state index contributed by atoms with van der Waals surface area (Å²) in [5.41, 5.74) is 1.26. The Bertz CT molecular complexity index is 445. The number of nitrogens with one attached hydrogen (secondary N) is 1. The number of hydrogen-bond acceptors (Lipinski definition) is 3. The molecule has 1 N–H and O–H groups in total. The minimum Gasteiger partial charge on any atom is -0.362 e. The van der Waals surface area contributed by atoms with Gasteiger partial charge in [0.25, 0.3) is 0 Å². The summed E-state index contributed by atoms with van der Waals surface area (Å²) in [6.07, 6.45) is 1.73. The Morgan fingerprint density at radius 1 is 1.40 bits per heavy atom. The zero-order chi connectivity index (χ0) is 11.0. The maximum absolute atomic E-state index is 6.16. The molecule has 0 aromatic carbocycles. The summed E-state index contributed by atoms with van der Waals surface area (Å²) in [5.74, 6) is 0.910. The Morgan fingerprint density at radius 2 is 2.13 bits per heavy atom. The minimum absolute atomic E-state index is 0.0779. The van der Waals surface area contributed by atoms with Gasteiger partial charge in [-0.2, -0.15) is 0 Å². The fourth-order valence-electron chi connectivity index (χ4n) is 1.71. The lowest BCUT2D eigenvalue weighted by molar-refractivity contribution is 0.756. The van der Waals surface area contributed by atoms with Crippen LogP contribution in [0, 0.1) is 13.8 Å². The molecule has 1 aliphatic rings. The zero-order valence-electron chi connectivity index (χ0n) is 8.97. The van der Waals surface area contributed by atoms with Crippen LogP contribution in [0.5, 0.6) is 0 Å². The number of aryl methyl sites for hydroxylation is 2. The van der Waals surface area contributed by atoms with Crippen molar-refractivity contribution in [3.05, 3.63) is 32.6 Å². The van der Waals surface area contributed by atoms with Gasteiger partial charge in [-0.3, -0.25) is 0 Å². The lowest BCUT2D eigenvalue weighted by Gasteiger charge is -2.21. The number of amidine groups is 1. The van der Waals surface area contributed by atoms with Crippen molar-refractivity contribution in [2.45, 2.75) is 26.8 Å². The van der Waals surface area contributed by atoms with Gasteiger partial charge in [-0.1, -0.05) is 11.6 Å². The average Bonchev–Trinajstić information content (AvgIpc) is 2.50. The molecular formula is C11H13ClN2S. The van der Waals surface area contributed by atoms with Gasteiger partial charge in [0.05, 0.1) is 16.9 Å². The van der Waals surface area contributed by atoms with Crippen LogP contribution in [0.2, 0.25) is 0 Å². The molecule has 0 aliphatic carbocycles. The predicted molar refractivity (Wildman–Crippen MR) is 66.7 cm³/mol. The number of rotatable bonds is 1. The van der Waals surface area contributed by atoms with Crippen LogP contribution in [-0.2, 0) is 0 Å². The molecule has 2 heterocycles. The van der Waals surface area contributed by atoms with E-state index in [1.807, 2.05) is 6.92 Å². The van der Waals surface area contributed by atoms with Crippen molar-refractivity contribution in [2.24, 2.45) is 4.99 Å². The number of thiophene rings is 1. The molecule has 1 aromatic rings. The molecule has 1 aliphatic heterocycles. The lowest BCUT2D eigenvalue weighted by atomic mass is 10.1. The van der Waals surface area contributed by atoms with Crippen molar-refractivity contribution < 1.29 is 0 Å². The summed E-state index contributed by atoms with van der Waals surface area (Å²) in [5, 5.41) is 4.04. The van der Waals surface area contributed by atoms with Crippen LogP contribution in [0.1, 0.15) is 28.3 Å². The first-order chi connectivity index (χ1) is 7.08. The maximum Gasteiger partial charge on any atom is 0.0991 e. The van der Waals surface area contributed by atoms with Gasteiger partial charge < -0.3 is 5.32 Å². The molecule has 0 bridgehead atoms. The van der Waals surface area contributed by atoms with Crippen molar-refractivity contribution in [2.75, 3.05) is 0 Å². The predicted octanol–water partition coefficient (Wildman–Crippen LogP) is 3.51. The van der Waals surface area contributed by atoms with Crippen LogP contribution in [0.3, 0.4) is 0 Å². The van der Waals surface area contributed by atoms with Crippen LogP contribution < -0.4 is 5.32 Å². The smallest absolute Gasteiger partial charge is 0.0991 e. The topological polar surface area (TPSA) is 24.4 Å². The third-order valence-corrected chi connectivity index (χ3v) is 3.70. The molecule has 2 rings (SSSR count). The van der Waals surface area contributed by atoms with Crippen molar-refractivity contribution in [1.82, 2.24) is 5.32 Å². The highest BCUT2D eigenvalue weighted by Gasteiger charge is 2.21. The molecule has 0 spiro atoms. The van der Waals surface area contributed by atoms with E-state index in [2.05, 4.69) is 30.2 Å². The third kappa shape index (κ3) is 2.08. The largest absolute Gasteiger partial charge is 0.362 e. The van der Waals surface area contributed by atoms with Crippen LogP contribution >= 0.6 is 22.9 Å². The number of aliphatic imine (C=N–C) groups is 1. The monoisotopic (exact) mass is 240 g/mol. The molecule has 1 aromatic heterocycles. The van der Waals surface area contributed by atoms with Gasteiger partial charge in [0.15, 0.2) is 0 Å². The van der Waals surface area contributed by atoms with Crippen molar-refractivity contribution in [3.63, 3.8) is 0 Å². The summed E-state index contributed by atoms with van der Waals surface area (Å²) in [6.45, 7) is 6.18. The van der Waals surface area contributed by atoms with Crippen LogP contribution in [0.15, 0.2) is 22.3 Å². The van der Waals surface area contributed by atoms with Gasteiger partial charge in [-0.05, 0) is 32.4 Å². The molecule has 0 saturated heterocycles. The minimum atomic E-state index is 0.0779. The SMILES string of the molecule is CC1=NC=C(Cl)C(c2cc(C)sc2C)N1. The molecule has 0 radical (unpaired) electrons. The molecule has 4 heteroatoms. The first kappa shape index (κ1) is 10.7. The Morgan fingerprint density at radius 3 is 2.73 bits per heavy atom. The summed E-state index contributed by atoms with van der Waals surface area (Å²) in [7, 11) is 0. The van der Waals surface area contributed by atoms with E-state index < -0.39 is 0 Å². The number of hydrogen-bond donors (Lipinski definition) is 1. The lowest BCUT2D eigenvalue weighted by Crippen LogP contribution is -2.28. The first-order valence-electron chi connectivity index (χ1n) is 4.81. The second-order valence-electron chi connectivity index (χ2n) is 3.67. The van der Waals surface area contributed by atoms with E-state index in [9.17, 15) is 0 Å². The Labute approximate surface area is 98.7 Å². The van der Waals surface area contributed by atoms with Gasteiger partial charge in [0.1, 0.15) is 0 Å². The van der Waals surface area contributed by atoms with Gasteiger partial charge in [0, 0.05) is 16.0 Å². The average molecular weight is 241 g/mol. The molecule has 0 amide bonds. The van der Waals surface area contributed by atoms with E-state index in [0.29, 0.717) is 0 Å². The molecule has 2 nitrogen and oxygen atoms in total. The Hall–Kier alpha value is -0.800. The summed E-state index contributed by atoms with van der Waals surface area (Å²) >= 11 is 7.96. The van der Waals surface area contributed by atoms with Crippen molar-refractivity contribution in [3.8, 4) is 0 Å². The van der Waals surface area contributed by atoms with E-state index in [-0.39, 0.29) is 6.04 Å². The highest BCUT2D eigenvalue weighted by Crippen LogP contribution is 2.33. The van der Waals surface area contributed by atoms with Crippen molar-refractivity contribution in [1.29, 1.82) is 0 Å². The van der Waals surface area contributed by atoms with E-state index in [1.165, 1.54) is 15.3 Å². The second kappa shape index (κ2) is 3.99. The van der Waals surface area contributed by atoms with E-state index in [1.54, 1.807) is 17.5 Å². The first-order valence-corrected chi connectivity index (χ1v) is 6.01. The number of nitrogens with zero attached hydrogens (tertiary/aromatic N) is 1. The molecule has 0 saturated carbocycles. The fourth-order valence-corrected chi connectivity index (χ4v) is 2.90. The highest BCUT2D eigenvalue weighted by atomic mass is 35.5. The van der Waals surface area contributed by atoms with E-state index >= 15 is 0 Å². The summed E-state index contributed by atoms with van der Waals surface area (Å²) < 4.78 is 0. The van der Waals surface area contributed by atoms with E-state index in [4.69, 9.17) is 11.6 Å². The van der Waals surface area contributed by atoms with Gasteiger partial charge in [-0.25, -0.2) is 4.99 Å². The number of halogens is 1. The van der Waals surface area contributed by atoms with Gasteiger partial charge >= 0.3 is 0 Å². The zero-order valence-corrected chi connectivity index (χ0v) is 10.5. The Balaban J connectivity index is 2.37. The van der Waals surface area contributed by atoms with Crippen LogP contribution in [-0.4, -0.2) is 5.84 Å². The summed E-state index contributed by atoms with van der Waals surface area (Å²) in [6, 6.07) is 2.26.